The molecule has 0 saturated carbocycles. The molecule has 0 spiro atoms. The molecule has 17 atom stereocenters. The molecule has 0 aromatic heterocycles. The van der Waals surface area contributed by atoms with Crippen LogP contribution in [0.1, 0.15) is 476 Å². The first kappa shape index (κ1) is 110. The molecule has 17 unspecified atom stereocenters. The van der Waals surface area contributed by atoms with Crippen LogP contribution in [0.25, 0.3) is 0 Å². The Labute approximate surface area is 716 Å². The summed E-state index contributed by atoms with van der Waals surface area (Å²) in [5, 5.41) is 121. The zero-order chi connectivity index (χ0) is 84.5. The maximum atomic E-state index is 13.6. The summed E-state index contributed by atoms with van der Waals surface area (Å²) in [6, 6.07) is -0.972. The largest absolute Gasteiger partial charge is 0.394 e. The number of rotatable bonds is 85. The van der Waals surface area contributed by atoms with Crippen molar-refractivity contribution in [1.29, 1.82) is 0 Å². The Bertz CT molecular complexity index is 2150. The van der Waals surface area contributed by atoms with E-state index in [1.54, 1.807) is 6.08 Å². The van der Waals surface area contributed by atoms with E-state index in [9.17, 15) is 61.0 Å². The van der Waals surface area contributed by atoms with E-state index in [2.05, 4.69) is 19.2 Å². The summed E-state index contributed by atoms with van der Waals surface area (Å²) < 4.78 is 34.6. The Morgan fingerprint density at radius 3 is 0.803 bits per heavy atom. The maximum Gasteiger partial charge on any atom is 0.220 e. The van der Waals surface area contributed by atoms with Gasteiger partial charge in [-0.1, -0.05) is 463 Å². The molecule has 3 saturated heterocycles. The fraction of sp³-hybridized carbons (Fsp3) is 0.969. The Morgan fingerprint density at radius 2 is 0.530 bits per heavy atom. The molecule has 1 amide bonds. The second kappa shape index (κ2) is 78.0. The van der Waals surface area contributed by atoms with Crippen molar-refractivity contribution in [2.45, 2.75) is 580 Å². The molecule has 12 N–H and O–H groups in total. The van der Waals surface area contributed by atoms with E-state index in [0.29, 0.717) is 6.42 Å². The van der Waals surface area contributed by atoms with Gasteiger partial charge < -0.3 is 89.9 Å². The fourth-order valence-corrected chi connectivity index (χ4v) is 17.6. The van der Waals surface area contributed by atoms with Gasteiger partial charge in [-0.2, -0.15) is 0 Å². The number of unbranched alkanes of at least 4 members (excludes halogenated alkanes) is 69. The van der Waals surface area contributed by atoms with Gasteiger partial charge in [0.1, 0.15) is 73.2 Å². The summed E-state index contributed by atoms with van der Waals surface area (Å²) in [5.41, 5.74) is 0. The van der Waals surface area contributed by atoms with Crippen LogP contribution >= 0.6 is 0 Å². The van der Waals surface area contributed by atoms with Crippen LogP contribution in [-0.4, -0.2) is 193 Å². The Balaban J connectivity index is 1.27. The lowest BCUT2D eigenvalue weighted by molar-refractivity contribution is -0.379. The number of nitrogens with one attached hydrogen (secondary N) is 1. The molecular formula is C98H189NO18. The molecule has 19 nitrogen and oxygen atoms in total. The second-order valence-electron chi connectivity index (χ2n) is 36.3. The molecule has 3 aliphatic heterocycles. The molecule has 0 aromatic rings. The SMILES string of the molecule is CCCCCCCCCCCCCCCCCCCCCCCCCCCCCCC/C=C/C(O)C(COC1OC(CO)C(OC2OC(CO)C(OC3OC(CO)C(O)C(O)C3O)C(O)C2O)C(O)C1O)NC(=O)CCCCCCCCCCCCCCCCCCCCCCCCCCCCCCCCCCCCCCCCCCC. The van der Waals surface area contributed by atoms with Gasteiger partial charge in [0.2, 0.25) is 5.91 Å². The summed E-state index contributed by atoms with van der Waals surface area (Å²) in [5.74, 6) is -0.263. The molecular weight excluding hydrogens is 1480 g/mol. The molecule has 19 heteroatoms. The Hall–Kier alpha value is -1.47. The average molecular weight is 1670 g/mol. The first-order chi connectivity index (χ1) is 57.3. The molecule has 3 aliphatic rings. The highest BCUT2D eigenvalue weighted by molar-refractivity contribution is 5.76. The number of aliphatic hydroxyl groups is 11. The minimum atomic E-state index is -1.98. The number of amides is 1. The van der Waals surface area contributed by atoms with Crippen molar-refractivity contribution in [2.75, 3.05) is 26.4 Å². The van der Waals surface area contributed by atoms with Gasteiger partial charge in [0.05, 0.1) is 38.6 Å². The van der Waals surface area contributed by atoms with E-state index in [-0.39, 0.29) is 18.9 Å². The molecule has 694 valence electrons. The summed E-state index contributed by atoms with van der Waals surface area (Å²) in [6.45, 7) is 1.83. The predicted octanol–water partition coefficient (Wildman–Crippen LogP) is 21.0. The average Bonchev–Trinajstić information content (AvgIpc) is 0.780. The van der Waals surface area contributed by atoms with Crippen LogP contribution in [0.4, 0.5) is 0 Å². The third kappa shape index (κ3) is 55.6. The van der Waals surface area contributed by atoms with Crippen LogP contribution in [0.2, 0.25) is 0 Å². The van der Waals surface area contributed by atoms with E-state index in [0.717, 1.165) is 44.9 Å². The van der Waals surface area contributed by atoms with Crippen LogP contribution in [0, 0.1) is 0 Å². The second-order valence-corrected chi connectivity index (χ2v) is 36.3. The third-order valence-electron chi connectivity index (χ3n) is 25.6. The monoisotopic (exact) mass is 1670 g/mol. The summed E-state index contributed by atoms with van der Waals surface area (Å²) in [6.07, 6.45) is 72.7. The highest BCUT2D eigenvalue weighted by atomic mass is 16.8. The van der Waals surface area contributed by atoms with Gasteiger partial charge in [0, 0.05) is 6.42 Å². The van der Waals surface area contributed by atoms with Crippen molar-refractivity contribution >= 4 is 5.91 Å². The minimum Gasteiger partial charge on any atom is -0.394 e. The summed E-state index contributed by atoms with van der Waals surface area (Å²) in [7, 11) is 0. The topological polar surface area (TPSA) is 307 Å². The predicted molar refractivity (Wildman–Crippen MR) is 476 cm³/mol. The number of hydrogen-bond acceptors (Lipinski definition) is 18. The van der Waals surface area contributed by atoms with E-state index in [1.165, 1.54) is 405 Å². The fourth-order valence-electron chi connectivity index (χ4n) is 17.6. The first-order valence-corrected chi connectivity index (χ1v) is 50.4. The Morgan fingerprint density at radius 1 is 0.299 bits per heavy atom. The van der Waals surface area contributed by atoms with E-state index in [4.69, 9.17) is 28.4 Å². The zero-order valence-electron chi connectivity index (χ0n) is 75.5. The van der Waals surface area contributed by atoms with Gasteiger partial charge >= 0.3 is 0 Å². The zero-order valence-corrected chi connectivity index (χ0v) is 75.5. The van der Waals surface area contributed by atoms with Crippen LogP contribution in [-0.2, 0) is 33.2 Å². The first-order valence-electron chi connectivity index (χ1n) is 50.4. The van der Waals surface area contributed by atoms with Crippen molar-refractivity contribution in [1.82, 2.24) is 5.32 Å². The minimum absolute atomic E-state index is 0.251. The van der Waals surface area contributed by atoms with Crippen molar-refractivity contribution in [3.8, 4) is 0 Å². The number of hydrogen-bond donors (Lipinski definition) is 12. The van der Waals surface area contributed by atoms with Crippen LogP contribution < -0.4 is 5.32 Å². The molecule has 3 rings (SSSR count). The standard InChI is InChI=1S/C98H189NO18/c1-3-5-7-9-11-13-15-17-19-21-23-25-27-29-31-33-35-36-37-38-39-40-41-42-43-44-46-48-50-52-54-56-58-60-62-64-66-68-70-72-74-76-86(104)99-81(82(103)75-73-71-69-67-65-63-61-59-57-55-53-51-49-47-45-34-32-30-28-26-24-22-20-18-16-14-12-10-8-6-4-2)80-112-96-92(110)89(107)94(84(78-101)114-96)117-98-93(111)90(108)95(85(79-102)115-98)116-97-91(109)88(106)87(105)83(77-100)113-97/h73,75,81-85,87-98,100-103,105-111H,3-72,74,76-80H2,1-2H3,(H,99,104)/b75-73+. The van der Waals surface area contributed by atoms with Gasteiger partial charge in [0.25, 0.3) is 0 Å². The molecule has 3 fully saturated rings. The van der Waals surface area contributed by atoms with Gasteiger partial charge in [-0.05, 0) is 19.3 Å². The number of carbonyl (C=O) groups is 1. The lowest BCUT2D eigenvalue weighted by Gasteiger charge is -2.48. The van der Waals surface area contributed by atoms with E-state index in [1.807, 2.05) is 6.08 Å². The molecule has 0 aromatic carbocycles. The normalized spacial score (nSPS) is 24.3. The van der Waals surface area contributed by atoms with Gasteiger partial charge in [-0.25, -0.2) is 0 Å². The van der Waals surface area contributed by atoms with Gasteiger partial charge in [-0.15, -0.1) is 0 Å². The molecule has 3 heterocycles. The van der Waals surface area contributed by atoms with Crippen molar-refractivity contribution in [3.05, 3.63) is 12.2 Å². The quantitative estimate of drug-likeness (QED) is 0.0199. The van der Waals surface area contributed by atoms with Crippen molar-refractivity contribution in [2.24, 2.45) is 0 Å². The van der Waals surface area contributed by atoms with Crippen molar-refractivity contribution in [3.63, 3.8) is 0 Å². The van der Waals surface area contributed by atoms with Crippen molar-refractivity contribution < 1.29 is 89.4 Å². The number of carbonyl (C=O) groups excluding carboxylic acids is 1. The van der Waals surface area contributed by atoms with E-state index >= 15 is 0 Å². The smallest absolute Gasteiger partial charge is 0.220 e. The lowest BCUT2D eigenvalue weighted by Crippen LogP contribution is -2.66. The third-order valence-corrected chi connectivity index (χ3v) is 25.6. The molecule has 0 radical (unpaired) electrons. The van der Waals surface area contributed by atoms with Gasteiger partial charge in [-0.3, -0.25) is 4.79 Å². The maximum absolute atomic E-state index is 13.6. The van der Waals surface area contributed by atoms with Crippen LogP contribution in [0.15, 0.2) is 12.2 Å². The molecule has 0 aliphatic carbocycles. The highest BCUT2D eigenvalue weighted by Gasteiger charge is 2.54. The highest BCUT2D eigenvalue weighted by Crippen LogP contribution is 2.34. The number of aliphatic hydroxyl groups excluding tert-OH is 11. The Kier molecular flexibility index (Phi) is 73.2. The number of ether oxygens (including phenoxy) is 6. The lowest BCUT2D eigenvalue weighted by atomic mass is 9.96. The number of allylic oxidation sites excluding steroid dienone is 1. The van der Waals surface area contributed by atoms with Gasteiger partial charge in [0.15, 0.2) is 18.9 Å². The molecule has 0 bridgehead atoms. The van der Waals surface area contributed by atoms with Crippen LogP contribution in [0.3, 0.4) is 0 Å². The van der Waals surface area contributed by atoms with E-state index < -0.39 is 124 Å². The molecule has 117 heavy (non-hydrogen) atoms. The summed E-state index contributed by atoms with van der Waals surface area (Å²) >= 11 is 0. The summed E-state index contributed by atoms with van der Waals surface area (Å²) in [4.78, 5) is 13.6. The van der Waals surface area contributed by atoms with Crippen LogP contribution in [0.5, 0.6) is 0 Å².